The van der Waals surface area contributed by atoms with E-state index in [2.05, 4.69) is 24.1 Å². The normalized spacial score (nSPS) is 12.9. The summed E-state index contributed by atoms with van der Waals surface area (Å²) in [7, 11) is 0. The van der Waals surface area contributed by atoms with Gasteiger partial charge in [-0.1, -0.05) is 19.9 Å². The molecule has 6 nitrogen and oxygen atoms in total. The first-order valence-corrected chi connectivity index (χ1v) is 9.13. The molecule has 2 N–H and O–H groups in total. The summed E-state index contributed by atoms with van der Waals surface area (Å²) >= 11 is 0. The number of aromatic nitrogens is 1. The number of esters is 1. The highest BCUT2D eigenvalue weighted by molar-refractivity contribution is 5.79. The highest BCUT2D eigenvalue weighted by Gasteiger charge is 2.25. The monoisotopic (exact) mass is 364 g/mol. The standard InChI is InChI=1S/C20H32N2O4/c1-14(2)10-18(19(25)26-20(3,4)5)22-12-15-6-7-16(21-11-15)8-9-17(24)13-23/h6-7,11,14,18,22-23H,8-10,12-13H2,1-5H3/t18-/m0/s1. The van der Waals surface area contributed by atoms with E-state index in [9.17, 15) is 9.59 Å². The molecule has 0 aliphatic rings. The molecule has 26 heavy (non-hydrogen) atoms. The SMILES string of the molecule is CC(C)C[C@H](NCc1ccc(CCC(=O)CO)nc1)C(=O)OC(C)(C)C. The number of hydrogen-bond acceptors (Lipinski definition) is 6. The first kappa shape index (κ1) is 22.3. The van der Waals surface area contributed by atoms with Gasteiger partial charge < -0.3 is 15.2 Å². The van der Waals surface area contributed by atoms with Gasteiger partial charge in [-0.05, 0) is 51.2 Å². The molecule has 0 spiro atoms. The van der Waals surface area contributed by atoms with E-state index >= 15 is 0 Å². The minimum atomic E-state index is -0.511. The molecular formula is C20H32N2O4. The average Bonchev–Trinajstić information content (AvgIpc) is 2.55. The molecule has 1 atom stereocenters. The predicted octanol–water partition coefficient (Wildman–Crippen LogP) is 2.42. The first-order valence-electron chi connectivity index (χ1n) is 9.13. The number of Topliss-reactive ketones (excluding diaryl/α,β-unsaturated/α-hetero) is 1. The Morgan fingerprint density at radius 1 is 1.27 bits per heavy atom. The van der Waals surface area contributed by atoms with Crippen LogP contribution in [-0.2, 0) is 27.3 Å². The molecule has 0 fully saturated rings. The van der Waals surface area contributed by atoms with Crippen LogP contribution < -0.4 is 5.32 Å². The number of hydrogen-bond donors (Lipinski definition) is 2. The fourth-order valence-electron chi connectivity index (χ4n) is 2.40. The molecule has 0 aromatic carbocycles. The molecule has 0 saturated heterocycles. The van der Waals surface area contributed by atoms with E-state index < -0.39 is 12.2 Å². The summed E-state index contributed by atoms with van der Waals surface area (Å²) in [6.45, 7) is 9.82. The number of carbonyl (C=O) groups is 2. The molecular weight excluding hydrogens is 332 g/mol. The summed E-state index contributed by atoms with van der Waals surface area (Å²) in [5, 5.41) is 12.0. The fourth-order valence-corrected chi connectivity index (χ4v) is 2.40. The number of ether oxygens (including phenoxy) is 1. The lowest BCUT2D eigenvalue weighted by atomic mass is 10.0. The number of nitrogens with zero attached hydrogens (tertiary/aromatic N) is 1. The van der Waals surface area contributed by atoms with Crippen LogP contribution in [0.25, 0.3) is 0 Å². The molecule has 0 unspecified atom stereocenters. The Balaban J connectivity index is 2.61. The molecule has 1 rings (SSSR count). The zero-order valence-electron chi connectivity index (χ0n) is 16.5. The van der Waals surface area contributed by atoms with Crippen molar-refractivity contribution >= 4 is 11.8 Å². The van der Waals surface area contributed by atoms with E-state index in [-0.39, 0.29) is 24.2 Å². The third-order valence-corrected chi connectivity index (χ3v) is 3.67. The van der Waals surface area contributed by atoms with E-state index in [0.29, 0.717) is 25.3 Å². The zero-order valence-corrected chi connectivity index (χ0v) is 16.5. The number of nitrogens with one attached hydrogen (secondary N) is 1. The molecule has 0 saturated carbocycles. The van der Waals surface area contributed by atoms with Gasteiger partial charge >= 0.3 is 5.97 Å². The lowest BCUT2D eigenvalue weighted by Crippen LogP contribution is -2.41. The predicted molar refractivity (Wildman–Crippen MR) is 101 cm³/mol. The van der Waals surface area contributed by atoms with Gasteiger partial charge in [-0.25, -0.2) is 0 Å². The van der Waals surface area contributed by atoms with Crippen LogP contribution in [0.2, 0.25) is 0 Å². The van der Waals surface area contributed by atoms with Crippen molar-refractivity contribution in [3.05, 3.63) is 29.6 Å². The molecule has 1 heterocycles. The molecule has 0 aliphatic carbocycles. The Hall–Kier alpha value is -1.79. The average molecular weight is 364 g/mol. The number of rotatable bonds is 10. The second-order valence-corrected chi connectivity index (χ2v) is 7.95. The van der Waals surface area contributed by atoms with E-state index in [1.54, 1.807) is 6.20 Å². The molecule has 0 bridgehead atoms. The van der Waals surface area contributed by atoms with Crippen LogP contribution in [0.15, 0.2) is 18.3 Å². The van der Waals surface area contributed by atoms with Crippen molar-refractivity contribution in [3.63, 3.8) is 0 Å². The first-order chi connectivity index (χ1) is 12.1. The number of aliphatic hydroxyl groups is 1. The summed E-state index contributed by atoms with van der Waals surface area (Å²) in [5.41, 5.74) is 1.25. The van der Waals surface area contributed by atoms with Gasteiger partial charge in [-0.2, -0.15) is 0 Å². The largest absolute Gasteiger partial charge is 0.459 e. The van der Waals surface area contributed by atoms with Gasteiger partial charge in [0.1, 0.15) is 18.2 Å². The zero-order chi connectivity index (χ0) is 19.7. The van der Waals surface area contributed by atoms with Crippen LogP contribution in [0.4, 0.5) is 0 Å². The van der Waals surface area contributed by atoms with Gasteiger partial charge in [0.2, 0.25) is 0 Å². The third-order valence-electron chi connectivity index (χ3n) is 3.67. The van der Waals surface area contributed by atoms with Gasteiger partial charge in [0.05, 0.1) is 0 Å². The lowest BCUT2D eigenvalue weighted by molar-refractivity contribution is -0.158. The minimum Gasteiger partial charge on any atom is -0.459 e. The highest BCUT2D eigenvalue weighted by Crippen LogP contribution is 2.13. The van der Waals surface area contributed by atoms with Crippen LogP contribution in [0.1, 0.15) is 58.7 Å². The maximum Gasteiger partial charge on any atom is 0.323 e. The van der Waals surface area contributed by atoms with E-state index in [4.69, 9.17) is 9.84 Å². The quantitative estimate of drug-likeness (QED) is 0.620. The second-order valence-electron chi connectivity index (χ2n) is 7.95. The minimum absolute atomic E-state index is 0.188. The molecule has 1 aromatic rings. The molecule has 0 amide bonds. The topological polar surface area (TPSA) is 88.5 Å². The van der Waals surface area contributed by atoms with E-state index in [1.807, 2.05) is 32.9 Å². The molecule has 1 aromatic heterocycles. The Morgan fingerprint density at radius 2 is 1.96 bits per heavy atom. The summed E-state index contributed by atoms with van der Waals surface area (Å²) < 4.78 is 5.50. The van der Waals surface area contributed by atoms with Crippen LogP contribution in [0.5, 0.6) is 0 Å². The third kappa shape index (κ3) is 9.06. The van der Waals surface area contributed by atoms with Crippen molar-refractivity contribution < 1.29 is 19.4 Å². The van der Waals surface area contributed by atoms with Crippen molar-refractivity contribution in [2.75, 3.05) is 6.61 Å². The Labute approximate surface area is 156 Å². The van der Waals surface area contributed by atoms with Crippen molar-refractivity contribution in [3.8, 4) is 0 Å². The number of pyridine rings is 1. The number of carbonyl (C=O) groups excluding carboxylic acids is 2. The molecule has 0 radical (unpaired) electrons. The van der Waals surface area contributed by atoms with E-state index in [0.717, 1.165) is 11.3 Å². The smallest absolute Gasteiger partial charge is 0.323 e. The maximum atomic E-state index is 12.4. The molecule has 6 heteroatoms. The van der Waals surface area contributed by atoms with Crippen molar-refractivity contribution in [1.82, 2.24) is 10.3 Å². The van der Waals surface area contributed by atoms with Crippen LogP contribution in [0, 0.1) is 5.92 Å². The van der Waals surface area contributed by atoms with Gasteiger partial charge in [0.15, 0.2) is 5.78 Å². The van der Waals surface area contributed by atoms with Crippen LogP contribution >= 0.6 is 0 Å². The van der Waals surface area contributed by atoms with Gasteiger partial charge in [-0.15, -0.1) is 0 Å². The van der Waals surface area contributed by atoms with Gasteiger partial charge in [0, 0.05) is 24.9 Å². The Bertz CT molecular complexity index is 576. The summed E-state index contributed by atoms with van der Waals surface area (Å²) in [5.74, 6) is -0.0608. The van der Waals surface area contributed by atoms with Crippen LogP contribution in [-0.4, -0.2) is 40.1 Å². The number of aliphatic hydroxyl groups excluding tert-OH is 1. The van der Waals surface area contributed by atoms with Crippen molar-refractivity contribution in [1.29, 1.82) is 0 Å². The Morgan fingerprint density at radius 3 is 2.46 bits per heavy atom. The summed E-state index contributed by atoms with van der Waals surface area (Å²) in [6, 6.07) is 3.43. The number of ketones is 1. The van der Waals surface area contributed by atoms with Crippen LogP contribution in [0.3, 0.4) is 0 Å². The fraction of sp³-hybridized carbons (Fsp3) is 0.650. The Kier molecular flexibility index (Phi) is 8.88. The van der Waals surface area contributed by atoms with Crippen molar-refractivity contribution in [2.24, 2.45) is 5.92 Å². The van der Waals surface area contributed by atoms with E-state index in [1.165, 1.54) is 0 Å². The van der Waals surface area contributed by atoms with Gasteiger partial charge in [0.25, 0.3) is 0 Å². The molecule has 146 valence electrons. The lowest BCUT2D eigenvalue weighted by Gasteiger charge is -2.25. The van der Waals surface area contributed by atoms with Gasteiger partial charge in [-0.3, -0.25) is 14.6 Å². The maximum absolute atomic E-state index is 12.4. The molecule has 0 aliphatic heterocycles. The summed E-state index contributed by atoms with van der Waals surface area (Å²) in [4.78, 5) is 27.9. The summed E-state index contributed by atoms with van der Waals surface area (Å²) in [6.07, 6.45) is 3.24. The van der Waals surface area contributed by atoms with Crippen molar-refractivity contribution in [2.45, 2.75) is 72.1 Å². The number of aryl methyl sites for hydroxylation is 1. The highest BCUT2D eigenvalue weighted by atomic mass is 16.6. The second kappa shape index (κ2) is 10.4.